The third-order valence-corrected chi connectivity index (χ3v) is 7.74. The van der Waals surface area contributed by atoms with E-state index in [1.54, 1.807) is 35.2 Å². The molecule has 1 N–H and O–H groups in total. The summed E-state index contributed by atoms with van der Waals surface area (Å²) >= 11 is 1.17. The number of amides is 2. The Morgan fingerprint density at radius 3 is 2.52 bits per heavy atom. The molecule has 33 heavy (non-hydrogen) atoms. The predicted octanol–water partition coefficient (Wildman–Crippen LogP) is 3.23. The van der Waals surface area contributed by atoms with Gasteiger partial charge in [-0.3, -0.25) is 14.9 Å². The standard InChI is InChI=1S/C23H24N4O4S2/c1-15-8-16(2)10-19(9-15)27-12-18(11-21(27)29)22-25-26-23(32-22)24-20(28)14-33(30,31)13-17-6-4-3-5-7-17/h3-10,18H,11-14H2,1-2H3,(H,24,26,28). The number of anilines is 2. The molecule has 0 bridgehead atoms. The smallest absolute Gasteiger partial charge is 0.241 e. The molecule has 2 aromatic carbocycles. The van der Waals surface area contributed by atoms with E-state index >= 15 is 0 Å². The molecule has 10 heteroatoms. The van der Waals surface area contributed by atoms with Crippen molar-refractivity contribution < 1.29 is 18.0 Å². The maximum Gasteiger partial charge on any atom is 0.241 e. The molecular weight excluding hydrogens is 460 g/mol. The lowest BCUT2D eigenvalue weighted by atomic mass is 10.1. The van der Waals surface area contributed by atoms with Crippen molar-refractivity contribution in [3.63, 3.8) is 0 Å². The molecule has 0 spiro atoms. The van der Waals surface area contributed by atoms with Crippen molar-refractivity contribution >= 4 is 43.8 Å². The number of carbonyl (C=O) groups excluding carboxylic acids is 2. The second-order valence-electron chi connectivity index (χ2n) is 8.26. The minimum atomic E-state index is -3.62. The van der Waals surface area contributed by atoms with Crippen LogP contribution in [-0.2, 0) is 25.2 Å². The summed E-state index contributed by atoms with van der Waals surface area (Å²) in [5.74, 6) is -1.63. The van der Waals surface area contributed by atoms with Gasteiger partial charge >= 0.3 is 0 Å². The van der Waals surface area contributed by atoms with Gasteiger partial charge in [-0.2, -0.15) is 0 Å². The van der Waals surface area contributed by atoms with E-state index in [2.05, 4.69) is 21.6 Å². The molecule has 1 atom stereocenters. The molecule has 8 nitrogen and oxygen atoms in total. The van der Waals surface area contributed by atoms with E-state index in [1.807, 2.05) is 26.0 Å². The number of rotatable bonds is 7. The van der Waals surface area contributed by atoms with Crippen LogP contribution in [0.25, 0.3) is 0 Å². The molecule has 0 saturated carbocycles. The lowest BCUT2D eigenvalue weighted by Gasteiger charge is -2.17. The van der Waals surface area contributed by atoms with Gasteiger partial charge < -0.3 is 4.90 Å². The lowest BCUT2D eigenvalue weighted by molar-refractivity contribution is -0.117. The van der Waals surface area contributed by atoms with Crippen molar-refractivity contribution in [3.05, 3.63) is 70.2 Å². The Morgan fingerprint density at radius 2 is 1.82 bits per heavy atom. The highest BCUT2D eigenvalue weighted by molar-refractivity contribution is 7.91. The van der Waals surface area contributed by atoms with E-state index in [-0.39, 0.29) is 22.7 Å². The Kier molecular flexibility index (Phi) is 6.57. The van der Waals surface area contributed by atoms with Gasteiger partial charge in [0.15, 0.2) is 9.84 Å². The van der Waals surface area contributed by atoms with E-state index in [9.17, 15) is 18.0 Å². The average molecular weight is 485 g/mol. The van der Waals surface area contributed by atoms with Crippen LogP contribution in [0.1, 0.15) is 34.0 Å². The fourth-order valence-electron chi connectivity index (χ4n) is 3.91. The number of carbonyl (C=O) groups is 2. The van der Waals surface area contributed by atoms with Crippen molar-refractivity contribution in [3.8, 4) is 0 Å². The van der Waals surface area contributed by atoms with Crippen LogP contribution < -0.4 is 10.2 Å². The number of aromatic nitrogens is 2. The van der Waals surface area contributed by atoms with Gasteiger partial charge in [-0.05, 0) is 42.7 Å². The highest BCUT2D eigenvalue weighted by Crippen LogP contribution is 2.34. The summed E-state index contributed by atoms with van der Waals surface area (Å²) in [6.45, 7) is 4.47. The molecule has 1 unspecified atom stereocenters. The number of nitrogens with zero attached hydrogens (tertiary/aromatic N) is 3. The van der Waals surface area contributed by atoms with E-state index in [4.69, 9.17) is 0 Å². The lowest BCUT2D eigenvalue weighted by Crippen LogP contribution is -2.24. The third-order valence-electron chi connectivity index (χ3n) is 5.26. The molecule has 0 radical (unpaired) electrons. The van der Waals surface area contributed by atoms with Gasteiger partial charge in [0.05, 0.1) is 5.75 Å². The van der Waals surface area contributed by atoms with E-state index in [0.29, 0.717) is 23.5 Å². The summed E-state index contributed by atoms with van der Waals surface area (Å²) in [7, 11) is -3.62. The van der Waals surface area contributed by atoms with Gasteiger partial charge in [0, 0.05) is 24.6 Å². The predicted molar refractivity (Wildman–Crippen MR) is 128 cm³/mol. The third kappa shape index (κ3) is 5.82. The van der Waals surface area contributed by atoms with Gasteiger partial charge in [-0.1, -0.05) is 47.7 Å². The van der Waals surface area contributed by atoms with Gasteiger partial charge in [0.2, 0.25) is 16.9 Å². The molecule has 0 aliphatic carbocycles. The van der Waals surface area contributed by atoms with Crippen molar-refractivity contribution in [2.75, 3.05) is 22.5 Å². The van der Waals surface area contributed by atoms with Gasteiger partial charge in [-0.25, -0.2) is 8.42 Å². The Hall–Kier alpha value is -3.11. The van der Waals surface area contributed by atoms with Gasteiger partial charge in [0.1, 0.15) is 10.8 Å². The Labute approximate surface area is 196 Å². The number of hydrogen-bond donors (Lipinski definition) is 1. The van der Waals surface area contributed by atoms with Crippen molar-refractivity contribution in [1.82, 2.24) is 10.2 Å². The molecule has 1 fully saturated rings. The zero-order valence-electron chi connectivity index (χ0n) is 18.3. The van der Waals surface area contributed by atoms with E-state index < -0.39 is 21.5 Å². The molecule has 1 aliphatic heterocycles. The zero-order chi connectivity index (χ0) is 23.6. The van der Waals surface area contributed by atoms with E-state index in [0.717, 1.165) is 16.8 Å². The second kappa shape index (κ2) is 9.40. The Bertz CT molecular complexity index is 1270. The normalized spacial score (nSPS) is 16.2. The largest absolute Gasteiger partial charge is 0.312 e. The summed E-state index contributed by atoms with van der Waals surface area (Å²) in [5.41, 5.74) is 3.66. The van der Waals surface area contributed by atoms with Crippen LogP contribution in [-0.4, -0.2) is 42.7 Å². The van der Waals surface area contributed by atoms with Crippen molar-refractivity contribution in [2.45, 2.75) is 31.9 Å². The van der Waals surface area contributed by atoms with Crippen LogP contribution in [0, 0.1) is 13.8 Å². The average Bonchev–Trinajstić information content (AvgIpc) is 3.33. The number of hydrogen-bond acceptors (Lipinski definition) is 7. The van der Waals surface area contributed by atoms with Crippen LogP contribution in [0.5, 0.6) is 0 Å². The quantitative estimate of drug-likeness (QED) is 0.551. The highest BCUT2D eigenvalue weighted by Gasteiger charge is 2.34. The van der Waals surface area contributed by atoms with Crippen LogP contribution in [0.15, 0.2) is 48.5 Å². The number of benzene rings is 2. The Morgan fingerprint density at radius 1 is 1.12 bits per heavy atom. The summed E-state index contributed by atoms with van der Waals surface area (Å²) in [6, 6.07) is 14.7. The molecule has 2 amide bonds. The van der Waals surface area contributed by atoms with Crippen LogP contribution >= 0.6 is 11.3 Å². The van der Waals surface area contributed by atoms with Crippen molar-refractivity contribution in [1.29, 1.82) is 0 Å². The summed E-state index contributed by atoms with van der Waals surface area (Å²) in [4.78, 5) is 26.7. The maximum absolute atomic E-state index is 12.6. The number of sulfone groups is 1. The molecular formula is C23H24N4O4S2. The number of aryl methyl sites for hydroxylation is 2. The second-order valence-corrected chi connectivity index (χ2v) is 11.3. The molecule has 1 aliphatic rings. The fraction of sp³-hybridized carbons (Fsp3) is 0.304. The molecule has 4 rings (SSSR count). The van der Waals surface area contributed by atoms with E-state index in [1.165, 1.54) is 11.3 Å². The molecule has 1 aromatic heterocycles. The zero-order valence-corrected chi connectivity index (χ0v) is 19.9. The minimum absolute atomic E-state index is 0.0118. The monoisotopic (exact) mass is 484 g/mol. The topological polar surface area (TPSA) is 109 Å². The van der Waals surface area contributed by atoms with Crippen LogP contribution in [0.2, 0.25) is 0 Å². The summed E-state index contributed by atoms with van der Waals surface area (Å²) in [5, 5.41) is 11.5. The first-order valence-electron chi connectivity index (χ1n) is 10.4. The minimum Gasteiger partial charge on any atom is -0.312 e. The first-order valence-corrected chi connectivity index (χ1v) is 13.1. The maximum atomic E-state index is 12.6. The van der Waals surface area contributed by atoms with Gasteiger partial charge in [0.25, 0.3) is 0 Å². The van der Waals surface area contributed by atoms with Gasteiger partial charge in [-0.15, -0.1) is 10.2 Å². The summed E-state index contributed by atoms with van der Waals surface area (Å²) < 4.78 is 24.7. The fourth-order valence-corrected chi connectivity index (χ4v) is 6.04. The Balaban J connectivity index is 1.38. The summed E-state index contributed by atoms with van der Waals surface area (Å²) in [6.07, 6.45) is 0.307. The molecule has 1 saturated heterocycles. The van der Waals surface area contributed by atoms with Crippen LogP contribution in [0.4, 0.5) is 10.8 Å². The van der Waals surface area contributed by atoms with Crippen molar-refractivity contribution in [2.24, 2.45) is 0 Å². The van der Waals surface area contributed by atoms with Crippen LogP contribution in [0.3, 0.4) is 0 Å². The molecule has 3 aromatic rings. The molecule has 2 heterocycles. The first kappa shape index (κ1) is 23.1. The highest BCUT2D eigenvalue weighted by atomic mass is 32.2. The molecule has 172 valence electrons. The first-order chi connectivity index (χ1) is 15.7. The number of nitrogens with one attached hydrogen (secondary N) is 1. The SMILES string of the molecule is Cc1cc(C)cc(N2CC(c3nnc(NC(=O)CS(=O)(=O)Cc4ccccc4)s3)CC2=O)c1.